The first-order chi connectivity index (χ1) is 15.7. The molecule has 2 aromatic rings. The average Bonchev–Trinajstić information content (AvgIpc) is 3.23. The van der Waals surface area contributed by atoms with Crippen molar-refractivity contribution in [3.05, 3.63) is 35.0 Å². The predicted molar refractivity (Wildman–Crippen MR) is 117 cm³/mol. The molecule has 0 spiro atoms. The van der Waals surface area contributed by atoms with Crippen molar-refractivity contribution in [1.82, 2.24) is 9.97 Å². The van der Waals surface area contributed by atoms with Gasteiger partial charge in [-0.05, 0) is 18.6 Å². The van der Waals surface area contributed by atoms with Crippen molar-refractivity contribution in [2.24, 2.45) is 0 Å². The number of methoxy groups -OCH3 is 1. The molecule has 0 unspecified atom stereocenters. The summed E-state index contributed by atoms with van der Waals surface area (Å²) in [5.74, 6) is -0.355. The van der Waals surface area contributed by atoms with Gasteiger partial charge in [0.2, 0.25) is 15.0 Å². The summed E-state index contributed by atoms with van der Waals surface area (Å²) in [4.78, 5) is 7.82. The largest absolute Gasteiger partial charge is 0.491 e. The van der Waals surface area contributed by atoms with Crippen molar-refractivity contribution in [3.8, 4) is 5.75 Å². The summed E-state index contributed by atoms with van der Waals surface area (Å²) in [7, 11) is -6.53. The number of sulfone groups is 2. The Morgan fingerprint density at radius 1 is 1.21 bits per heavy atom. The van der Waals surface area contributed by atoms with Crippen molar-refractivity contribution in [1.29, 1.82) is 0 Å². The molecule has 1 aromatic heterocycles. The van der Waals surface area contributed by atoms with Gasteiger partial charge in [0, 0.05) is 38.7 Å². The first-order valence-electron chi connectivity index (χ1n) is 9.79. The number of hydrogen-bond acceptors (Lipinski definition) is 9. The van der Waals surface area contributed by atoms with Crippen LogP contribution in [-0.2, 0) is 30.6 Å². The van der Waals surface area contributed by atoms with Crippen LogP contribution in [0.1, 0.15) is 12.0 Å². The molecule has 1 atom stereocenters. The third kappa shape index (κ3) is 5.73. The standard InChI is InChI=1S/C19H21ClF3N3O6S2/c1-31-7-8-32-12-3-4-16(15(20)9-12)34(29,30)13-5-6-26(11-13)17-14(19(21,22)23)10-24-18(25-17)33(2,27)28/h3-4,9-10,13H,5-8,11H2,1-2H3/t13-/m0/s1. The molecule has 2 heterocycles. The predicted octanol–water partition coefficient (Wildman–Crippen LogP) is 2.63. The van der Waals surface area contributed by atoms with E-state index in [9.17, 15) is 30.0 Å². The zero-order valence-electron chi connectivity index (χ0n) is 18.0. The van der Waals surface area contributed by atoms with Gasteiger partial charge >= 0.3 is 6.18 Å². The van der Waals surface area contributed by atoms with Gasteiger partial charge in [0.05, 0.1) is 21.8 Å². The summed E-state index contributed by atoms with van der Waals surface area (Å²) in [6, 6.07) is 4.03. The number of nitrogens with zero attached hydrogens (tertiary/aromatic N) is 3. The molecule has 0 radical (unpaired) electrons. The van der Waals surface area contributed by atoms with E-state index in [1.165, 1.54) is 25.3 Å². The van der Waals surface area contributed by atoms with E-state index < -0.39 is 47.6 Å². The van der Waals surface area contributed by atoms with Crippen molar-refractivity contribution in [2.75, 3.05) is 44.6 Å². The summed E-state index contributed by atoms with van der Waals surface area (Å²) in [6.07, 6.45) is -3.73. The van der Waals surface area contributed by atoms with Gasteiger partial charge < -0.3 is 14.4 Å². The molecule has 1 saturated heterocycles. The fourth-order valence-corrected chi connectivity index (χ4v) is 6.10. The number of anilines is 1. The molecule has 0 bridgehead atoms. The Morgan fingerprint density at radius 2 is 1.91 bits per heavy atom. The third-order valence-electron chi connectivity index (χ3n) is 5.03. The average molecular weight is 544 g/mol. The minimum Gasteiger partial charge on any atom is -0.491 e. The number of alkyl halides is 3. The fourth-order valence-electron chi connectivity index (χ4n) is 3.38. The number of hydrogen-bond donors (Lipinski definition) is 0. The van der Waals surface area contributed by atoms with Gasteiger partial charge in [0.15, 0.2) is 9.84 Å². The van der Waals surface area contributed by atoms with Gasteiger partial charge in [-0.2, -0.15) is 13.2 Å². The highest BCUT2D eigenvalue weighted by Gasteiger charge is 2.41. The minimum absolute atomic E-state index is 0.0136. The van der Waals surface area contributed by atoms with Crippen LogP contribution >= 0.6 is 11.6 Å². The van der Waals surface area contributed by atoms with Crippen molar-refractivity contribution in [2.45, 2.75) is 27.9 Å². The Labute approximate surface area is 199 Å². The van der Waals surface area contributed by atoms with Gasteiger partial charge in [-0.15, -0.1) is 0 Å². The lowest BCUT2D eigenvalue weighted by molar-refractivity contribution is -0.137. The van der Waals surface area contributed by atoms with E-state index in [4.69, 9.17) is 21.1 Å². The van der Waals surface area contributed by atoms with E-state index in [1.807, 2.05) is 0 Å². The molecule has 34 heavy (non-hydrogen) atoms. The van der Waals surface area contributed by atoms with Gasteiger partial charge in [-0.3, -0.25) is 0 Å². The molecule has 1 aliphatic rings. The molecule has 15 heteroatoms. The number of ether oxygens (including phenoxy) is 2. The summed E-state index contributed by atoms with van der Waals surface area (Å²) in [5, 5.41) is -1.97. The molecule has 0 saturated carbocycles. The van der Waals surface area contributed by atoms with Crippen LogP contribution in [0.3, 0.4) is 0 Å². The lowest BCUT2D eigenvalue weighted by Crippen LogP contribution is -2.30. The SMILES string of the molecule is COCCOc1ccc(S(=O)(=O)[C@H]2CCN(c3nc(S(C)(=O)=O)ncc3C(F)(F)F)C2)c(Cl)c1. The van der Waals surface area contributed by atoms with E-state index in [0.717, 1.165) is 11.2 Å². The molecule has 1 fully saturated rings. The van der Waals surface area contributed by atoms with Crippen molar-refractivity contribution >= 4 is 37.1 Å². The second-order valence-corrected chi connectivity index (χ2v) is 12.0. The Balaban J connectivity index is 1.89. The maximum absolute atomic E-state index is 13.5. The van der Waals surface area contributed by atoms with E-state index in [2.05, 4.69) is 9.97 Å². The summed E-state index contributed by atoms with van der Waals surface area (Å²) in [6.45, 7) is 0.114. The molecule has 0 aliphatic carbocycles. The van der Waals surface area contributed by atoms with Crippen LogP contribution in [0.25, 0.3) is 0 Å². The minimum atomic E-state index is -4.87. The maximum atomic E-state index is 13.5. The van der Waals surface area contributed by atoms with Crippen LogP contribution in [0.4, 0.5) is 19.0 Å². The van der Waals surface area contributed by atoms with Crippen LogP contribution < -0.4 is 9.64 Å². The first-order valence-corrected chi connectivity index (χ1v) is 13.6. The second kappa shape index (κ2) is 9.84. The Morgan fingerprint density at radius 3 is 2.50 bits per heavy atom. The molecule has 188 valence electrons. The summed E-state index contributed by atoms with van der Waals surface area (Å²) in [5.41, 5.74) is -1.26. The van der Waals surface area contributed by atoms with Crippen LogP contribution in [0.2, 0.25) is 5.02 Å². The number of aromatic nitrogens is 2. The van der Waals surface area contributed by atoms with E-state index in [-0.39, 0.29) is 36.0 Å². The number of benzene rings is 1. The van der Waals surface area contributed by atoms with Crippen LogP contribution in [-0.4, -0.2) is 71.7 Å². The Hall–Kier alpha value is -2.16. The number of halogens is 4. The molecular formula is C19H21ClF3N3O6S2. The molecule has 9 nitrogen and oxygen atoms in total. The normalized spacial score (nSPS) is 17.2. The summed E-state index contributed by atoms with van der Waals surface area (Å²) >= 11 is 6.17. The molecular weight excluding hydrogens is 523 g/mol. The van der Waals surface area contributed by atoms with E-state index in [1.54, 1.807) is 0 Å². The molecule has 1 aliphatic heterocycles. The zero-order chi connectivity index (χ0) is 25.3. The topological polar surface area (TPSA) is 116 Å². The van der Waals surface area contributed by atoms with Crippen molar-refractivity contribution in [3.63, 3.8) is 0 Å². The van der Waals surface area contributed by atoms with Gasteiger partial charge in [-0.1, -0.05) is 11.6 Å². The quantitative estimate of drug-likeness (QED) is 0.366. The third-order valence-corrected chi connectivity index (χ3v) is 8.55. The molecule has 0 amide bonds. The zero-order valence-corrected chi connectivity index (χ0v) is 20.4. The molecule has 1 aromatic carbocycles. The van der Waals surface area contributed by atoms with Crippen LogP contribution in [0, 0.1) is 0 Å². The highest BCUT2D eigenvalue weighted by atomic mass is 35.5. The molecule has 0 N–H and O–H groups in total. The highest BCUT2D eigenvalue weighted by molar-refractivity contribution is 7.92. The van der Waals surface area contributed by atoms with Crippen molar-refractivity contribution < 1.29 is 39.5 Å². The first kappa shape index (κ1) is 26.4. The highest BCUT2D eigenvalue weighted by Crippen LogP contribution is 2.38. The maximum Gasteiger partial charge on any atom is 0.421 e. The van der Waals surface area contributed by atoms with Crippen LogP contribution in [0.5, 0.6) is 5.75 Å². The smallest absolute Gasteiger partial charge is 0.421 e. The fraction of sp³-hybridized carbons (Fsp3) is 0.474. The van der Waals surface area contributed by atoms with E-state index in [0.29, 0.717) is 18.6 Å². The monoisotopic (exact) mass is 543 g/mol. The lowest BCUT2D eigenvalue weighted by Gasteiger charge is -2.22. The summed E-state index contributed by atoms with van der Waals surface area (Å²) < 4.78 is 101. The second-order valence-electron chi connectivity index (χ2n) is 7.49. The van der Waals surface area contributed by atoms with Gasteiger partial charge in [0.25, 0.3) is 0 Å². The van der Waals surface area contributed by atoms with Gasteiger partial charge in [0.1, 0.15) is 23.7 Å². The molecule has 3 rings (SSSR count). The Bertz CT molecular complexity index is 1270. The lowest BCUT2D eigenvalue weighted by atomic mass is 10.3. The van der Waals surface area contributed by atoms with E-state index >= 15 is 0 Å². The van der Waals surface area contributed by atoms with Gasteiger partial charge in [-0.25, -0.2) is 26.8 Å². The van der Waals surface area contributed by atoms with Crippen LogP contribution in [0.15, 0.2) is 34.4 Å². The Kier molecular flexibility index (Phi) is 7.65. The number of rotatable bonds is 8.